The minimum Gasteiger partial charge on any atom is -0.383 e. The number of nitrogens with zero attached hydrogens (tertiary/aromatic N) is 1. The number of hydrogen-bond donors (Lipinski definition) is 3. The van der Waals surface area contributed by atoms with Gasteiger partial charge in [0.1, 0.15) is 6.04 Å². The number of carbonyl (C=O) groups excluding carboxylic acids is 1. The third-order valence-corrected chi connectivity index (χ3v) is 1.69. The number of nitrogens with one attached hydrogen (secondary N) is 2. The highest BCUT2D eigenvalue weighted by Crippen LogP contribution is 1.90. The molecule has 1 heterocycles. The van der Waals surface area contributed by atoms with Crippen molar-refractivity contribution in [3.05, 3.63) is 18.2 Å². The summed E-state index contributed by atoms with van der Waals surface area (Å²) in [6.45, 7) is 0.616. The fourth-order valence-corrected chi connectivity index (χ4v) is 0.950. The molecule has 0 bridgehead atoms. The quantitative estimate of drug-likeness (QED) is 0.565. The number of imidazole rings is 1. The number of rotatable bonds is 5. The highest BCUT2D eigenvalue weighted by atomic mass is 16.5. The van der Waals surface area contributed by atoms with Gasteiger partial charge in [-0.15, -0.1) is 0 Å². The lowest BCUT2D eigenvalue weighted by atomic mass is 10.3. The first-order valence-corrected chi connectivity index (χ1v) is 4.23. The van der Waals surface area contributed by atoms with E-state index in [1.54, 1.807) is 12.5 Å². The predicted octanol–water partition coefficient (Wildman–Crippen LogP) is -1.00. The van der Waals surface area contributed by atoms with E-state index in [4.69, 9.17) is 10.5 Å². The zero-order chi connectivity index (χ0) is 10.4. The first kappa shape index (κ1) is 10.7. The van der Waals surface area contributed by atoms with Gasteiger partial charge in [0.05, 0.1) is 25.2 Å². The number of aromatic nitrogens is 2. The average molecular weight is 198 g/mol. The Morgan fingerprint density at radius 3 is 3.21 bits per heavy atom. The van der Waals surface area contributed by atoms with E-state index in [0.29, 0.717) is 6.54 Å². The molecule has 0 saturated heterocycles. The van der Waals surface area contributed by atoms with Crippen molar-refractivity contribution in [2.24, 2.45) is 5.73 Å². The number of nitrogens with two attached hydrogens (primary N) is 1. The molecule has 6 heteroatoms. The Labute approximate surface area is 81.8 Å². The standard InChI is InChI=1S/C8H14N4O2/c1-14-4-7(9)8(13)11-3-6-2-10-5-12-6/h2,5,7H,3-4,9H2,1H3,(H,10,12)(H,11,13). The molecule has 78 valence electrons. The van der Waals surface area contributed by atoms with Crippen LogP contribution in [0, 0.1) is 0 Å². The molecule has 6 nitrogen and oxygen atoms in total. The topological polar surface area (TPSA) is 93.0 Å². The molecule has 0 fully saturated rings. The van der Waals surface area contributed by atoms with Crippen LogP contribution in [0.25, 0.3) is 0 Å². The van der Waals surface area contributed by atoms with Crippen molar-refractivity contribution < 1.29 is 9.53 Å². The Balaban J connectivity index is 2.27. The van der Waals surface area contributed by atoms with Crippen LogP contribution in [0.4, 0.5) is 0 Å². The second-order valence-corrected chi connectivity index (χ2v) is 2.86. The second-order valence-electron chi connectivity index (χ2n) is 2.86. The van der Waals surface area contributed by atoms with E-state index in [1.807, 2.05) is 0 Å². The minimum atomic E-state index is -0.622. The smallest absolute Gasteiger partial charge is 0.239 e. The summed E-state index contributed by atoms with van der Waals surface area (Å²) in [6, 6.07) is -0.622. The molecule has 0 spiro atoms. The minimum absolute atomic E-state index is 0.217. The predicted molar refractivity (Wildman–Crippen MR) is 50.3 cm³/mol. The van der Waals surface area contributed by atoms with E-state index < -0.39 is 6.04 Å². The monoisotopic (exact) mass is 198 g/mol. The normalized spacial score (nSPS) is 12.4. The molecule has 1 aromatic heterocycles. The third-order valence-electron chi connectivity index (χ3n) is 1.69. The summed E-state index contributed by atoms with van der Waals surface area (Å²) in [5, 5.41) is 2.65. The molecule has 14 heavy (non-hydrogen) atoms. The molecule has 0 saturated carbocycles. The van der Waals surface area contributed by atoms with Crippen molar-refractivity contribution in [2.75, 3.05) is 13.7 Å². The summed E-state index contributed by atoms with van der Waals surface area (Å²) >= 11 is 0. The summed E-state index contributed by atoms with van der Waals surface area (Å²) in [5.41, 5.74) is 6.34. The second kappa shape index (κ2) is 5.36. The lowest BCUT2D eigenvalue weighted by Gasteiger charge is -2.09. The van der Waals surface area contributed by atoms with Gasteiger partial charge in [0.2, 0.25) is 5.91 Å². The van der Waals surface area contributed by atoms with Gasteiger partial charge in [-0.1, -0.05) is 0 Å². The van der Waals surface area contributed by atoms with Crippen molar-refractivity contribution in [2.45, 2.75) is 12.6 Å². The van der Waals surface area contributed by atoms with Crippen LogP contribution < -0.4 is 11.1 Å². The van der Waals surface area contributed by atoms with Crippen LogP contribution in [0.15, 0.2) is 12.5 Å². The van der Waals surface area contributed by atoms with Crippen LogP contribution in [-0.4, -0.2) is 35.6 Å². The number of H-pyrrole nitrogens is 1. The molecular formula is C8H14N4O2. The highest BCUT2D eigenvalue weighted by molar-refractivity contribution is 5.81. The molecule has 1 atom stereocenters. The van der Waals surface area contributed by atoms with Crippen LogP contribution in [0.2, 0.25) is 0 Å². The van der Waals surface area contributed by atoms with Gasteiger partial charge in [0.15, 0.2) is 0 Å². The summed E-state index contributed by atoms with van der Waals surface area (Å²) in [4.78, 5) is 18.0. The summed E-state index contributed by atoms with van der Waals surface area (Å²) < 4.78 is 4.76. The average Bonchev–Trinajstić information content (AvgIpc) is 2.67. The maximum Gasteiger partial charge on any atom is 0.239 e. The summed E-state index contributed by atoms with van der Waals surface area (Å²) in [6.07, 6.45) is 3.19. The first-order valence-electron chi connectivity index (χ1n) is 4.23. The van der Waals surface area contributed by atoms with Crippen LogP contribution in [0.3, 0.4) is 0 Å². The molecule has 1 amide bonds. The molecule has 0 aromatic carbocycles. The maximum atomic E-state index is 11.3. The largest absolute Gasteiger partial charge is 0.383 e. The van der Waals surface area contributed by atoms with Crippen molar-refractivity contribution in [3.8, 4) is 0 Å². The number of aromatic amines is 1. The van der Waals surface area contributed by atoms with E-state index in [1.165, 1.54) is 7.11 Å². The number of carbonyl (C=O) groups is 1. The Morgan fingerprint density at radius 1 is 1.86 bits per heavy atom. The van der Waals surface area contributed by atoms with Gasteiger partial charge in [0.25, 0.3) is 0 Å². The zero-order valence-corrected chi connectivity index (χ0v) is 7.99. The summed E-state index contributed by atoms with van der Waals surface area (Å²) in [5.74, 6) is -0.235. The maximum absolute atomic E-state index is 11.3. The zero-order valence-electron chi connectivity index (χ0n) is 7.99. The van der Waals surface area contributed by atoms with Gasteiger partial charge in [-0.3, -0.25) is 4.79 Å². The highest BCUT2D eigenvalue weighted by Gasteiger charge is 2.12. The molecular weight excluding hydrogens is 184 g/mol. The van der Waals surface area contributed by atoms with Crippen molar-refractivity contribution in [1.82, 2.24) is 15.3 Å². The molecule has 0 aliphatic rings. The number of amides is 1. The van der Waals surface area contributed by atoms with Crippen LogP contribution in [0.5, 0.6) is 0 Å². The van der Waals surface area contributed by atoms with Crippen LogP contribution in [-0.2, 0) is 16.1 Å². The van der Waals surface area contributed by atoms with Gasteiger partial charge in [-0.25, -0.2) is 4.98 Å². The van der Waals surface area contributed by atoms with Gasteiger partial charge >= 0.3 is 0 Å². The van der Waals surface area contributed by atoms with Crippen molar-refractivity contribution in [1.29, 1.82) is 0 Å². The third kappa shape index (κ3) is 3.15. The Morgan fingerprint density at radius 2 is 2.64 bits per heavy atom. The van der Waals surface area contributed by atoms with E-state index in [2.05, 4.69) is 15.3 Å². The first-order chi connectivity index (χ1) is 6.74. The number of hydrogen-bond acceptors (Lipinski definition) is 4. The van der Waals surface area contributed by atoms with E-state index >= 15 is 0 Å². The molecule has 1 rings (SSSR count). The van der Waals surface area contributed by atoms with Crippen LogP contribution >= 0.6 is 0 Å². The Kier molecular flexibility index (Phi) is 4.09. The lowest BCUT2D eigenvalue weighted by Crippen LogP contribution is -2.43. The van der Waals surface area contributed by atoms with Crippen molar-refractivity contribution >= 4 is 5.91 Å². The molecule has 1 aromatic rings. The summed E-state index contributed by atoms with van der Waals surface area (Å²) in [7, 11) is 1.50. The molecule has 0 radical (unpaired) electrons. The van der Waals surface area contributed by atoms with E-state index in [-0.39, 0.29) is 12.5 Å². The van der Waals surface area contributed by atoms with Crippen LogP contribution in [0.1, 0.15) is 5.69 Å². The van der Waals surface area contributed by atoms with Gasteiger partial charge in [-0.05, 0) is 0 Å². The lowest BCUT2D eigenvalue weighted by molar-refractivity contribution is -0.123. The molecule has 4 N–H and O–H groups in total. The number of ether oxygens (including phenoxy) is 1. The molecule has 0 aliphatic carbocycles. The SMILES string of the molecule is COCC(N)C(=O)NCc1cnc[nH]1. The Hall–Kier alpha value is -1.40. The van der Waals surface area contributed by atoms with E-state index in [0.717, 1.165) is 5.69 Å². The van der Waals surface area contributed by atoms with Crippen molar-refractivity contribution in [3.63, 3.8) is 0 Å². The Bertz CT molecular complexity index is 273. The molecule has 0 aliphatic heterocycles. The molecule has 1 unspecified atom stereocenters. The number of methoxy groups -OCH3 is 1. The van der Waals surface area contributed by atoms with Gasteiger partial charge < -0.3 is 20.8 Å². The van der Waals surface area contributed by atoms with E-state index in [9.17, 15) is 4.79 Å². The van der Waals surface area contributed by atoms with Gasteiger partial charge in [0, 0.05) is 13.3 Å². The fourth-order valence-electron chi connectivity index (χ4n) is 0.950. The van der Waals surface area contributed by atoms with Gasteiger partial charge in [-0.2, -0.15) is 0 Å². The fraction of sp³-hybridized carbons (Fsp3) is 0.500.